The molecule has 2 aromatic rings. The Balaban J connectivity index is 1.99. The molecule has 0 unspecified atom stereocenters. The summed E-state index contributed by atoms with van der Waals surface area (Å²) < 4.78 is 0. The summed E-state index contributed by atoms with van der Waals surface area (Å²) in [7, 11) is 0. The average Bonchev–Trinajstić information content (AvgIpc) is 2.57. The third-order valence-electron chi connectivity index (χ3n) is 3.87. The molecule has 3 rings (SSSR count). The molecule has 6 nitrogen and oxygen atoms in total. The van der Waals surface area contributed by atoms with E-state index < -0.39 is 0 Å². The fraction of sp³-hybridized carbons (Fsp3) is 0.167. The van der Waals surface area contributed by atoms with Gasteiger partial charge in [0, 0.05) is 36.8 Å². The van der Waals surface area contributed by atoms with Gasteiger partial charge >= 0.3 is 0 Å². The Morgan fingerprint density at radius 3 is 2.21 bits per heavy atom. The van der Waals surface area contributed by atoms with Gasteiger partial charge in [0.2, 0.25) is 5.91 Å². The number of amides is 1. The van der Waals surface area contributed by atoms with Gasteiger partial charge in [0.05, 0.1) is 11.1 Å². The van der Waals surface area contributed by atoms with Crippen LogP contribution in [0.2, 0.25) is 0 Å². The lowest BCUT2D eigenvalue weighted by atomic mass is 9.82. The van der Waals surface area contributed by atoms with Crippen LogP contribution in [-0.2, 0) is 4.79 Å². The number of benzene rings is 2. The molecule has 0 heterocycles. The lowest BCUT2D eigenvalue weighted by Gasteiger charge is -2.21. The van der Waals surface area contributed by atoms with Gasteiger partial charge in [-0.1, -0.05) is 24.3 Å². The minimum Gasteiger partial charge on any atom is -0.507 e. The highest BCUT2D eigenvalue weighted by Crippen LogP contribution is 2.36. The smallest absolute Gasteiger partial charge is 0.216 e. The number of hydrogen-bond acceptors (Lipinski definition) is 5. The Morgan fingerprint density at radius 1 is 0.958 bits per heavy atom. The summed E-state index contributed by atoms with van der Waals surface area (Å²) in [6, 6.07) is 9.50. The van der Waals surface area contributed by atoms with Crippen molar-refractivity contribution in [1.82, 2.24) is 5.32 Å². The Bertz CT molecular complexity index is 858. The first-order valence-corrected chi connectivity index (χ1v) is 7.53. The Kier molecular flexibility index (Phi) is 4.04. The van der Waals surface area contributed by atoms with E-state index in [4.69, 9.17) is 0 Å². The molecule has 0 aromatic heterocycles. The lowest BCUT2D eigenvalue weighted by Crippen LogP contribution is -2.27. The van der Waals surface area contributed by atoms with E-state index in [1.54, 1.807) is 30.3 Å². The van der Waals surface area contributed by atoms with Crippen LogP contribution in [0.1, 0.15) is 38.8 Å². The fourth-order valence-corrected chi connectivity index (χ4v) is 2.79. The first-order chi connectivity index (χ1) is 11.5. The van der Waals surface area contributed by atoms with Gasteiger partial charge in [-0.15, -0.1) is 0 Å². The number of aromatic hydroxyl groups is 1. The van der Waals surface area contributed by atoms with Gasteiger partial charge in [0.25, 0.3) is 0 Å². The topological polar surface area (TPSA) is 95.5 Å². The number of rotatable bonds is 4. The largest absolute Gasteiger partial charge is 0.507 e. The van der Waals surface area contributed by atoms with Crippen LogP contribution in [0.4, 0.5) is 5.69 Å². The van der Waals surface area contributed by atoms with Crippen molar-refractivity contribution in [2.24, 2.45) is 0 Å². The Labute approximate surface area is 138 Å². The quantitative estimate of drug-likeness (QED) is 0.502. The van der Waals surface area contributed by atoms with Crippen molar-refractivity contribution in [2.75, 3.05) is 18.4 Å². The van der Waals surface area contributed by atoms with E-state index >= 15 is 0 Å². The summed E-state index contributed by atoms with van der Waals surface area (Å²) in [6.45, 7) is 2.19. The molecule has 0 fully saturated rings. The monoisotopic (exact) mass is 324 g/mol. The zero-order valence-corrected chi connectivity index (χ0v) is 13.1. The van der Waals surface area contributed by atoms with Gasteiger partial charge in [0.1, 0.15) is 5.75 Å². The molecule has 6 heteroatoms. The molecule has 0 saturated carbocycles. The summed E-state index contributed by atoms with van der Waals surface area (Å²) in [4.78, 5) is 36.3. The van der Waals surface area contributed by atoms with Crippen LogP contribution in [0.25, 0.3) is 0 Å². The zero-order chi connectivity index (χ0) is 17.3. The average molecular weight is 324 g/mol. The van der Waals surface area contributed by atoms with Crippen LogP contribution in [0.5, 0.6) is 5.75 Å². The van der Waals surface area contributed by atoms with E-state index in [9.17, 15) is 19.5 Å². The molecule has 122 valence electrons. The Hall–Kier alpha value is -3.15. The van der Waals surface area contributed by atoms with Gasteiger partial charge in [-0.2, -0.15) is 0 Å². The molecule has 0 radical (unpaired) electrons. The SMILES string of the molecule is CC(=O)NCCNc1ccc(O)c2c1C(=O)c1ccccc1C2=O. The number of phenols is 1. The number of nitrogens with one attached hydrogen (secondary N) is 2. The molecule has 1 amide bonds. The molecule has 0 atom stereocenters. The second-order valence-electron chi connectivity index (χ2n) is 5.50. The van der Waals surface area contributed by atoms with Crippen molar-refractivity contribution in [1.29, 1.82) is 0 Å². The normalized spacial score (nSPS) is 12.4. The maximum atomic E-state index is 12.8. The molecule has 24 heavy (non-hydrogen) atoms. The molecule has 3 N–H and O–H groups in total. The highest BCUT2D eigenvalue weighted by Gasteiger charge is 2.33. The van der Waals surface area contributed by atoms with Gasteiger partial charge < -0.3 is 15.7 Å². The van der Waals surface area contributed by atoms with E-state index in [2.05, 4.69) is 10.6 Å². The van der Waals surface area contributed by atoms with E-state index in [-0.39, 0.29) is 34.4 Å². The predicted octanol–water partition coefficient (Wildman–Crippen LogP) is 1.72. The summed E-state index contributed by atoms with van der Waals surface area (Å²) >= 11 is 0. The van der Waals surface area contributed by atoms with Crippen LogP contribution in [-0.4, -0.2) is 35.7 Å². The molecule has 0 bridgehead atoms. The van der Waals surface area contributed by atoms with Crippen molar-refractivity contribution >= 4 is 23.2 Å². The van der Waals surface area contributed by atoms with Gasteiger partial charge in [-0.05, 0) is 12.1 Å². The number of anilines is 1. The molecular weight excluding hydrogens is 308 g/mol. The minimum absolute atomic E-state index is 0.0169. The number of hydrogen-bond donors (Lipinski definition) is 3. The number of carbonyl (C=O) groups excluding carboxylic acids is 3. The summed E-state index contributed by atoms with van der Waals surface area (Å²) in [5.74, 6) is -1.05. The minimum atomic E-state index is -0.372. The molecular formula is C18H16N2O4. The van der Waals surface area contributed by atoms with Crippen LogP contribution < -0.4 is 10.6 Å². The van der Waals surface area contributed by atoms with E-state index in [0.29, 0.717) is 29.9 Å². The van der Waals surface area contributed by atoms with Crippen molar-refractivity contribution in [3.8, 4) is 5.75 Å². The predicted molar refractivity (Wildman–Crippen MR) is 88.6 cm³/mol. The van der Waals surface area contributed by atoms with Gasteiger partial charge in [-0.25, -0.2) is 0 Å². The maximum absolute atomic E-state index is 12.8. The van der Waals surface area contributed by atoms with Crippen LogP contribution in [0.3, 0.4) is 0 Å². The fourth-order valence-electron chi connectivity index (χ4n) is 2.79. The van der Waals surface area contributed by atoms with Crippen LogP contribution in [0.15, 0.2) is 36.4 Å². The summed E-state index contributed by atoms with van der Waals surface area (Å²) in [5.41, 5.74) is 1.26. The number of ketones is 2. The highest BCUT2D eigenvalue weighted by atomic mass is 16.3. The van der Waals surface area contributed by atoms with Crippen molar-refractivity contribution in [3.63, 3.8) is 0 Å². The van der Waals surface area contributed by atoms with Crippen LogP contribution in [0, 0.1) is 0 Å². The van der Waals surface area contributed by atoms with Gasteiger partial charge in [0.15, 0.2) is 11.6 Å². The molecule has 0 aliphatic heterocycles. The van der Waals surface area contributed by atoms with Crippen molar-refractivity contribution in [3.05, 3.63) is 58.7 Å². The van der Waals surface area contributed by atoms with Crippen molar-refractivity contribution < 1.29 is 19.5 Å². The van der Waals surface area contributed by atoms with E-state index in [1.165, 1.54) is 13.0 Å². The summed E-state index contributed by atoms with van der Waals surface area (Å²) in [5, 5.41) is 15.8. The first kappa shape index (κ1) is 15.7. The molecule has 1 aliphatic rings. The molecule has 0 spiro atoms. The Morgan fingerprint density at radius 2 is 1.58 bits per heavy atom. The van der Waals surface area contributed by atoms with Crippen molar-refractivity contribution in [2.45, 2.75) is 6.92 Å². The number of carbonyl (C=O) groups is 3. The molecule has 0 saturated heterocycles. The third kappa shape index (κ3) is 2.62. The second-order valence-corrected chi connectivity index (χ2v) is 5.50. The molecule has 2 aromatic carbocycles. The zero-order valence-electron chi connectivity index (χ0n) is 13.1. The standard InChI is InChI=1S/C18H16N2O4/c1-10(21)19-8-9-20-13-6-7-14(22)16-15(13)17(23)11-4-2-3-5-12(11)18(16)24/h2-7,20,22H,8-9H2,1H3,(H,19,21). The molecule has 1 aliphatic carbocycles. The van der Waals surface area contributed by atoms with E-state index in [0.717, 1.165) is 0 Å². The van der Waals surface area contributed by atoms with Gasteiger partial charge in [-0.3, -0.25) is 14.4 Å². The number of phenolic OH excluding ortho intramolecular Hbond substituents is 1. The van der Waals surface area contributed by atoms with Crippen LogP contribution >= 0.6 is 0 Å². The summed E-state index contributed by atoms with van der Waals surface area (Å²) in [6.07, 6.45) is 0. The number of fused-ring (bicyclic) bond motifs is 2. The highest BCUT2D eigenvalue weighted by molar-refractivity contribution is 6.31. The first-order valence-electron chi connectivity index (χ1n) is 7.53. The third-order valence-corrected chi connectivity index (χ3v) is 3.87. The second kappa shape index (κ2) is 6.16. The van der Waals surface area contributed by atoms with E-state index in [1.807, 2.05) is 0 Å². The lowest BCUT2D eigenvalue weighted by molar-refractivity contribution is -0.118. The maximum Gasteiger partial charge on any atom is 0.216 e.